The number of carbonyl (C=O) groups is 3. The lowest BCUT2D eigenvalue weighted by atomic mass is 10.1. The number of benzene rings is 2. The lowest BCUT2D eigenvalue weighted by Gasteiger charge is -2.26. The molecule has 0 spiro atoms. The van der Waals surface area contributed by atoms with Crippen molar-refractivity contribution in [1.29, 1.82) is 0 Å². The molecule has 2 aromatic rings. The Bertz CT molecular complexity index is 878. The van der Waals surface area contributed by atoms with E-state index in [2.05, 4.69) is 21.2 Å². The molecule has 0 aromatic heterocycles. The summed E-state index contributed by atoms with van der Waals surface area (Å²) >= 11 is 9.35. The Morgan fingerprint density at radius 1 is 1.00 bits per heavy atom. The van der Waals surface area contributed by atoms with E-state index in [4.69, 9.17) is 11.6 Å². The molecule has 1 heterocycles. The number of urea groups is 1. The molecule has 24 heavy (non-hydrogen) atoms. The van der Waals surface area contributed by atoms with Crippen molar-refractivity contribution in [3.63, 3.8) is 0 Å². The quantitative estimate of drug-likeness (QED) is 0.611. The van der Waals surface area contributed by atoms with Gasteiger partial charge >= 0.3 is 6.03 Å². The van der Waals surface area contributed by atoms with Gasteiger partial charge in [0.1, 0.15) is 5.57 Å². The second-order valence-corrected chi connectivity index (χ2v) is 6.28. The summed E-state index contributed by atoms with van der Waals surface area (Å²) < 4.78 is 0.805. The summed E-state index contributed by atoms with van der Waals surface area (Å²) in [6.45, 7) is 0. The number of halogens is 2. The first kappa shape index (κ1) is 16.4. The Hall–Kier alpha value is -2.44. The Labute approximate surface area is 151 Å². The van der Waals surface area contributed by atoms with Gasteiger partial charge in [0.2, 0.25) is 0 Å². The zero-order valence-electron chi connectivity index (χ0n) is 12.1. The number of hydrogen-bond donors (Lipinski definition) is 1. The molecule has 0 atom stereocenters. The second kappa shape index (κ2) is 6.59. The first-order valence-electron chi connectivity index (χ1n) is 6.89. The predicted octanol–water partition coefficient (Wildman–Crippen LogP) is 3.77. The molecule has 1 N–H and O–H groups in total. The van der Waals surface area contributed by atoms with Crippen LogP contribution in [-0.2, 0) is 9.59 Å². The number of nitrogens with zero attached hydrogens (tertiary/aromatic N) is 1. The number of rotatable bonds is 2. The third kappa shape index (κ3) is 3.11. The summed E-state index contributed by atoms with van der Waals surface area (Å²) in [5.41, 5.74) is 0.714. The van der Waals surface area contributed by atoms with Gasteiger partial charge in [-0.15, -0.1) is 0 Å². The Morgan fingerprint density at radius 2 is 1.67 bits per heavy atom. The maximum absolute atomic E-state index is 12.7. The van der Waals surface area contributed by atoms with Crippen LogP contribution in [0.15, 0.2) is 58.6 Å². The fraction of sp³-hybridized carbons (Fsp3) is 0. The van der Waals surface area contributed by atoms with Gasteiger partial charge < -0.3 is 0 Å². The van der Waals surface area contributed by atoms with E-state index in [9.17, 15) is 14.4 Å². The standard InChI is InChI=1S/C17H10BrClN2O3/c18-11-5-7-12(8-6-11)21-16(23)13(15(22)20-17(21)24)9-10-3-1-2-4-14(10)19/h1-9H,(H,20,22,24). The van der Waals surface area contributed by atoms with Crippen molar-refractivity contribution in [3.8, 4) is 0 Å². The molecule has 0 saturated carbocycles. The lowest BCUT2D eigenvalue weighted by molar-refractivity contribution is -0.122. The van der Waals surface area contributed by atoms with Crippen molar-refractivity contribution in [2.75, 3.05) is 4.90 Å². The summed E-state index contributed by atoms with van der Waals surface area (Å²) in [5, 5.41) is 2.57. The third-order valence-electron chi connectivity index (χ3n) is 3.39. The lowest BCUT2D eigenvalue weighted by Crippen LogP contribution is -2.54. The molecule has 0 unspecified atom stereocenters. The van der Waals surface area contributed by atoms with Gasteiger partial charge in [-0.25, -0.2) is 9.69 Å². The molecule has 1 aliphatic heterocycles. The van der Waals surface area contributed by atoms with Gasteiger partial charge in [-0.05, 0) is 42.0 Å². The van der Waals surface area contributed by atoms with E-state index in [0.29, 0.717) is 16.3 Å². The molecule has 2 aromatic carbocycles. The van der Waals surface area contributed by atoms with E-state index >= 15 is 0 Å². The molecule has 120 valence electrons. The van der Waals surface area contributed by atoms with Crippen molar-refractivity contribution in [3.05, 3.63) is 69.2 Å². The van der Waals surface area contributed by atoms with Crippen LogP contribution in [0.25, 0.3) is 6.08 Å². The highest BCUT2D eigenvalue weighted by molar-refractivity contribution is 9.10. The van der Waals surface area contributed by atoms with E-state index in [0.717, 1.165) is 9.37 Å². The van der Waals surface area contributed by atoms with Crippen LogP contribution in [-0.4, -0.2) is 17.8 Å². The second-order valence-electron chi connectivity index (χ2n) is 4.96. The third-order valence-corrected chi connectivity index (χ3v) is 4.26. The van der Waals surface area contributed by atoms with Crippen LogP contribution >= 0.6 is 27.5 Å². The maximum Gasteiger partial charge on any atom is 0.335 e. The first-order valence-corrected chi connectivity index (χ1v) is 8.06. The first-order chi connectivity index (χ1) is 11.5. The summed E-state index contributed by atoms with van der Waals surface area (Å²) in [4.78, 5) is 37.7. The van der Waals surface area contributed by atoms with Crippen LogP contribution in [0.5, 0.6) is 0 Å². The number of hydrogen-bond acceptors (Lipinski definition) is 3. The average molecular weight is 406 g/mol. The van der Waals surface area contributed by atoms with Gasteiger partial charge in [0, 0.05) is 9.50 Å². The maximum atomic E-state index is 12.7. The highest BCUT2D eigenvalue weighted by atomic mass is 79.9. The van der Waals surface area contributed by atoms with Crippen LogP contribution in [0.3, 0.4) is 0 Å². The minimum atomic E-state index is -0.788. The van der Waals surface area contributed by atoms with Crippen LogP contribution in [0.2, 0.25) is 5.02 Å². The predicted molar refractivity (Wildman–Crippen MR) is 94.6 cm³/mol. The van der Waals surface area contributed by atoms with Crippen molar-refractivity contribution < 1.29 is 14.4 Å². The SMILES string of the molecule is O=C1NC(=O)N(c2ccc(Br)cc2)C(=O)C1=Cc1ccccc1Cl. The van der Waals surface area contributed by atoms with E-state index in [1.165, 1.54) is 6.08 Å². The Morgan fingerprint density at radius 3 is 2.33 bits per heavy atom. The molecule has 1 aliphatic rings. The van der Waals surface area contributed by atoms with Crippen LogP contribution in [0, 0.1) is 0 Å². The molecular formula is C17H10BrClN2O3. The van der Waals surface area contributed by atoms with Crippen molar-refractivity contribution in [1.82, 2.24) is 5.32 Å². The minimum absolute atomic E-state index is 0.161. The minimum Gasteiger partial charge on any atom is -0.273 e. The summed E-state index contributed by atoms with van der Waals surface area (Å²) in [6.07, 6.45) is 1.37. The highest BCUT2D eigenvalue weighted by Crippen LogP contribution is 2.25. The average Bonchev–Trinajstić information content (AvgIpc) is 2.54. The fourth-order valence-electron chi connectivity index (χ4n) is 2.23. The van der Waals surface area contributed by atoms with Gasteiger partial charge in [0.25, 0.3) is 11.8 Å². The molecule has 7 heteroatoms. The van der Waals surface area contributed by atoms with Crippen molar-refractivity contribution in [2.24, 2.45) is 0 Å². The number of amides is 4. The number of nitrogens with one attached hydrogen (secondary N) is 1. The van der Waals surface area contributed by atoms with E-state index in [1.54, 1.807) is 48.5 Å². The largest absolute Gasteiger partial charge is 0.335 e. The van der Waals surface area contributed by atoms with Crippen molar-refractivity contribution in [2.45, 2.75) is 0 Å². The fourth-order valence-corrected chi connectivity index (χ4v) is 2.68. The van der Waals surface area contributed by atoms with Gasteiger partial charge in [-0.3, -0.25) is 14.9 Å². The molecule has 0 radical (unpaired) electrons. The molecular weight excluding hydrogens is 396 g/mol. The molecule has 4 amide bonds. The number of imide groups is 2. The van der Waals surface area contributed by atoms with Crippen LogP contribution < -0.4 is 10.2 Å². The highest BCUT2D eigenvalue weighted by Gasteiger charge is 2.36. The topological polar surface area (TPSA) is 66.5 Å². The van der Waals surface area contributed by atoms with E-state index < -0.39 is 17.8 Å². The zero-order valence-corrected chi connectivity index (χ0v) is 14.5. The van der Waals surface area contributed by atoms with Crippen LogP contribution in [0.4, 0.5) is 10.5 Å². The van der Waals surface area contributed by atoms with Gasteiger partial charge in [0.05, 0.1) is 5.69 Å². The Balaban J connectivity index is 2.03. The van der Waals surface area contributed by atoms with Gasteiger partial charge in [-0.2, -0.15) is 0 Å². The number of carbonyl (C=O) groups excluding carboxylic acids is 3. The monoisotopic (exact) mass is 404 g/mol. The molecule has 3 rings (SSSR count). The normalized spacial score (nSPS) is 16.5. The van der Waals surface area contributed by atoms with E-state index in [-0.39, 0.29) is 5.57 Å². The summed E-state index contributed by atoms with van der Waals surface area (Å²) in [5.74, 6) is -1.45. The molecule has 1 fully saturated rings. The zero-order chi connectivity index (χ0) is 17.3. The summed E-state index contributed by atoms with van der Waals surface area (Å²) in [7, 11) is 0. The smallest absolute Gasteiger partial charge is 0.273 e. The van der Waals surface area contributed by atoms with Crippen LogP contribution in [0.1, 0.15) is 5.56 Å². The van der Waals surface area contributed by atoms with E-state index in [1.807, 2.05) is 0 Å². The molecule has 0 bridgehead atoms. The number of barbiturate groups is 1. The Kier molecular flexibility index (Phi) is 4.51. The van der Waals surface area contributed by atoms with Crippen molar-refractivity contribution >= 4 is 57.1 Å². The molecule has 0 aliphatic carbocycles. The molecule has 1 saturated heterocycles. The molecule has 5 nitrogen and oxygen atoms in total. The number of anilines is 1. The summed E-state index contributed by atoms with van der Waals surface area (Å²) in [6, 6.07) is 12.6. The van der Waals surface area contributed by atoms with Gasteiger partial charge in [-0.1, -0.05) is 45.7 Å². The van der Waals surface area contributed by atoms with Gasteiger partial charge in [0.15, 0.2) is 0 Å².